The molecular weight excluding hydrogens is 242 g/mol. The van der Waals surface area contributed by atoms with E-state index >= 15 is 0 Å². The van der Waals surface area contributed by atoms with E-state index in [9.17, 15) is 4.79 Å². The number of nitrogens with zero attached hydrogens (tertiary/aromatic N) is 1. The number of carbonyl (C=O) groups excluding carboxylic acids is 1. The second-order valence-electron chi connectivity index (χ2n) is 4.87. The van der Waals surface area contributed by atoms with Crippen LogP contribution in [0.4, 0.5) is 0 Å². The molecule has 0 saturated carbocycles. The molecule has 5 nitrogen and oxygen atoms in total. The Morgan fingerprint density at radius 2 is 2.42 bits per heavy atom. The zero-order valence-electron chi connectivity index (χ0n) is 10.7. The zero-order valence-corrected chi connectivity index (χ0v) is 10.7. The molecule has 2 heterocycles. The minimum absolute atomic E-state index is 0.0391. The summed E-state index contributed by atoms with van der Waals surface area (Å²) >= 11 is 0. The lowest BCUT2D eigenvalue weighted by molar-refractivity contribution is -0.123. The molecule has 3 rings (SSSR count). The van der Waals surface area contributed by atoms with Crippen LogP contribution in [0.1, 0.15) is 24.8 Å². The maximum atomic E-state index is 12.0. The van der Waals surface area contributed by atoms with E-state index in [0.29, 0.717) is 6.54 Å². The first-order chi connectivity index (χ1) is 9.33. The average Bonchev–Trinajstić information content (AvgIpc) is 2.93. The van der Waals surface area contributed by atoms with Crippen LogP contribution in [0.25, 0.3) is 11.1 Å². The Labute approximate surface area is 111 Å². The Hall–Kier alpha value is -1.88. The molecule has 1 amide bonds. The van der Waals surface area contributed by atoms with Crippen LogP contribution in [0.5, 0.6) is 0 Å². The van der Waals surface area contributed by atoms with Gasteiger partial charge in [0.05, 0.1) is 6.04 Å². The number of piperidine rings is 1. The largest absolute Gasteiger partial charge is 0.443 e. The second-order valence-corrected chi connectivity index (χ2v) is 4.87. The molecule has 1 aliphatic rings. The number of rotatable bonds is 3. The highest BCUT2D eigenvalue weighted by atomic mass is 16.3. The van der Waals surface area contributed by atoms with E-state index in [1.807, 2.05) is 18.2 Å². The molecule has 0 bridgehead atoms. The Balaban J connectivity index is 1.60. The molecular formula is C14H17N3O2. The van der Waals surface area contributed by atoms with Crippen molar-refractivity contribution >= 4 is 17.0 Å². The van der Waals surface area contributed by atoms with Crippen LogP contribution < -0.4 is 10.6 Å². The van der Waals surface area contributed by atoms with Gasteiger partial charge in [-0.15, -0.1) is 0 Å². The van der Waals surface area contributed by atoms with Crippen LogP contribution in [0.3, 0.4) is 0 Å². The van der Waals surface area contributed by atoms with Gasteiger partial charge in [-0.3, -0.25) is 4.79 Å². The van der Waals surface area contributed by atoms with Gasteiger partial charge in [-0.05, 0) is 37.1 Å². The standard InChI is InChI=1S/C14H17N3O2/c18-14(12-3-1-2-6-15-12)16-8-10-4-5-11-13(7-10)19-9-17-11/h4-5,7,9,12,15H,1-3,6,8H2,(H,16,18). The third-order valence-corrected chi connectivity index (χ3v) is 3.49. The molecule has 0 aliphatic carbocycles. The summed E-state index contributed by atoms with van der Waals surface area (Å²) in [5, 5.41) is 6.20. The highest BCUT2D eigenvalue weighted by Gasteiger charge is 2.19. The highest BCUT2D eigenvalue weighted by Crippen LogP contribution is 2.14. The lowest BCUT2D eigenvalue weighted by atomic mass is 10.0. The summed E-state index contributed by atoms with van der Waals surface area (Å²) in [5.74, 6) is 0.0809. The first kappa shape index (κ1) is 12.2. The van der Waals surface area contributed by atoms with E-state index in [-0.39, 0.29) is 11.9 Å². The Bertz CT molecular complexity index is 573. The smallest absolute Gasteiger partial charge is 0.237 e. The zero-order chi connectivity index (χ0) is 13.1. The summed E-state index contributed by atoms with van der Waals surface area (Å²) in [5.41, 5.74) is 2.61. The van der Waals surface area contributed by atoms with E-state index in [0.717, 1.165) is 42.5 Å². The van der Waals surface area contributed by atoms with Gasteiger partial charge in [-0.1, -0.05) is 12.5 Å². The molecule has 0 radical (unpaired) electrons. The number of fused-ring (bicyclic) bond motifs is 1. The van der Waals surface area contributed by atoms with Crippen LogP contribution in [0, 0.1) is 0 Å². The molecule has 1 atom stereocenters. The first-order valence-corrected chi connectivity index (χ1v) is 6.66. The van der Waals surface area contributed by atoms with E-state index in [2.05, 4.69) is 15.6 Å². The van der Waals surface area contributed by atoms with Crippen molar-refractivity contribution in [1.82, 2.24) is 15.6 Å². The summed E-state index contributed by atoms with van der Waals surface area (Å²) < 4.78 is 5.25. The van der Waals surface area contributed by atoms with Gasteiger partial charge in [0.2, 0.25) is 5.91 Å². The number of oxazole rings is 1. The summed E-state index contributed by atoms with van der Waals surface area (Å²) in [6.45, 7) is 1.45. The number of hydrogen-bond donors (Lipinski definition) is 2. The fraction of sp³-hybridized carbons (Fsp3) is 0.429. The van der Waals surface area contributed by atoms with E-state index in [1.54, 1.807) is 0 Å². The SMILES string of the molecule is O=C(NCc1ccc2ncoc2c1)C1CCCCN1. The van der Waals surface area contributed by atoms with Gasteiger partial charge < -0.3 is 15.1 Å². The summed E-state index contributed by atoms with van der Waals surface area (Å²) in [4.78, 5) is 16.0. The van der Waals surface area contributed by atoms with Crippen molar-refractivity contribution in [3.63, 3.8) is 0 Å². The van der Waals surface area contributed by atoms with Crippen LogP contribution in [-0.4, -0.2) is 23.5 Å². The number of benzene rings is 1. The van der Waals surface area contributed by atoms with E-state index < -0.39 is 0 Å². The van der Waals surface area contributed by atoms with Crippen molar-refractivity contribution in [2.75, 3.05) is 6.54 Å². The third kappa shape index (κ3) is 2.76. The van der Waals surface area contributed by atoms with Crippen molar-refractivity contribution in [2.45, 2.75) is 31.8 Å². The van der Waals surface area contributed by atoms with Gasteiger partial charge >= 0.3 is 0 Å². The minimum Gasteiger partial charge on any atom is -0.443 e. The fourth-order valence-corrected chi connectivity index (χ4v) is 2.40. The molecule has 1 aromatic carbocycles. The third-order valence-electron chi connectivity index (χ3n) is 3.49. The summed E-state index contributed by atoms with van der Waals surface area (Å²) in [6, 6.07) is 5.73. The average molecular weight is 259 g/mol. The number of nitrogens with one attached hydrogen (secondary N) is 2. The van der Waals surface area contributed by atoms with Crippen molar-refractivity contribution in [1.29, 1.82) is 0 Å². The quantitative estimate of drug-likeness (QED) is 0.878. The van der Waals surface area contributed by atoms with E-state index in [4.69, 9.17) is 4.42 Å². The predicted octanol–water partition coefficient (Wildman–Crippen LogP) is 1.59. The normalized spacial score (nSPS) is 19.5. The number of aromatic nitrogens is 1. The number of hydrogen-bond acceptors (Lipinski definition) is 4. The number of amides is 1. The molecule has 5 heteroatoms. The van der Waals surface area contributed by atoms with Gasteiger partial charge in [0, 0.05) is 6.54 Å². The Morgan fingerprint density at radius 1 is 1.47 bits per heavy atom. The summed E-state index contributed by atoms with van der Waals surface area (Å²) in [7, 11) is 0. The highest BCUT2D eigenvalue weighted by molar-refractivity contribution is 5.82. The predicted molar refractivity (Wildman–Crippen MR) is 71.5 cm³/mol. The summed E-state index contributed by atoms with van der Waals surface area (Å²) in [6.07, 6.45) is 4.63. The maximum absolute atomic E-state index is 12.0. The fourth-order valence-electron chi connectivity index (χ4n) is 2.40. The molecule has 19 heavy (non-hydrogen) atoms. The molecule has 1 aromatic heterocycles. The van der Waals surface area contributed by atoms with Gasteiger partial charge in [0.25, 0.3) is 0 Å². The van der Waals surface area contributed by atoms with Crippen molar-refractivity contribution in [3.8, 4) is 0 Å². The molecule has 1 saturated heterocycles. The molecule has 1 aliphatic heterocycles. The molecule has 2 N–H and O–H groups in total. The number of carbonyl (C=O) groups is 1. The van der Waals surface area contributed by atoms with Gasteiger partial charge in [0.15, 0.2) is 12.0 Å². The lowest BCUT2D eigenvalue weighted by Gasteiger charge is -2.22. The van der Waals surface area contributed by atoms with Crippen molar-refractivity contribution in [3.05, 3.63) is 30.2 Å². The van der Waals surface area contributed by atoms with Gasteiger partial charge in [-0.25, -0.2) is 4.98 Å². The van der Waals surface area contributed by atoms with E-state index in [1.165, 1.54) is 6.39 Å². The molecule has 1 fully saturated rings. The Morgan fingerprint density at radius 3 is 3.26 bits per heavy atom. The Kier molecular flexibility index (Phi) is 3.46. The minimum atomic E-state index is -0.0391. The maximum Gasteiger partial charge on any atom is 0.237 e. The van der Waals surface area contributed by atoms with Crippen LogP contribution in [0.15, 0.2) is 29.0 Å². The van der Waals surface area contributed by atoms with Crippen molar-refractivity contribution < 1.29 is 9.21 Å². The molecule has 0 spiro atoms. The molecule has 1 unspecified atom stereocenters. The van der Waals surface area contributed by atoms with Crippen LogP contribution in [-0.2, 0) is 11.3 Å². The molecule has 100 valence electrons. The monoisotopic (exact) mass is 259 g/mol. The van der Waals surface area contributed by atoms with Crippen molar-refractivity contribution in [2.24, 2.45) is 0 Å². The van der Waals surface area contributed by atoms with Crippen LogP contribution >= 0.6 is 0 Å². The van der Waals surface area contributed by atoms with Crippen LogP contribution in [0.2, 0.25) is 0 Å². The van der Waals surface area contributed by atoms with Gasteiger partial charge in [-0.2, -0.15) is 0 Å². The van der Waals surface area contributed by atoms with Gasteiger partial charge in [0.1, 0.15) is 5.52 Å². The topological polar surface area (TPSA) is 67.2 Å². The first-order valence-electron chi connectivity index (χ1n) is 6.66. The second kappa shape index (κ2) is 5.40. The lowest BCUT2D eigenvalue weighted by Crippen LogP contribution is -2.46. The molecule has 2 aromatic rings.